The van der Waals surface area contributed by atoms with E-state index in [0.717, 1.165) is 40.7 Å². The summed E-state index contributed by atoms with van der Waals surface area (Å²) in [5.74, 6) is 0.547. The molecule has 1 aromatic heterocycles. The zero-order chi connectivity index (χ0) is 9.97. The summed E-state index contributed by atoms with van der Waals surface area (Å²) in [6.07, 6.45) is 4.01. The Labute approximate surface area is 100 Å². The lowest BCUT2D eigenvalue weighted by molar-refractivity contribution is 0.0843. The van der Waals surface area contributed by atoms with Gasteiger partial charge in [-0.25, -0.2) is 0 Å². The zero-order valence-corrected chi connectivity index (χ0v) is 10.8. The summed E-state index contributed by atoms with van der Waals surface area (Å²) in [5.41, 5.74) is 1.16. The highest BCUT2D eigenvalue weighted by molar-refractivity contribution is 9.11. The van der Waals surface area contributed by atoms with Crippen molar-refractivity contribution in [2.24, 2.45) is 0 Å². The first-order valence-electron chi connectivity index (χ1n) is 4.66. The molecule has 1 fully saturated rings. The fourth-order valence-corrected chi connectivity index (χ4v) is 3.01. The number of aromatic nitrogens is 1. The van der Waals surface area contributed by atoms with Gasteiger partial charge in [0, 0.05) is 34.3 Å². The summed E-state index contributed by atoms with van der Waals surface area (Å²) in [4.78, 5) is 4.45. The van der Waals surface area contributed by atoms with Gasteiger partial charge < -0.3 is 4.74 Å². The van der Waals surface area contributed by atoms with Crippen molar-refractivity contribution in [3.63, 3.8) is 0 Å². The number of hydrogen-bond acceptors (Lipinski definition) is 2. The molecular weight excluding hydrogens is 310 g/mol. The number of halogens is 2. The van der Waals surface area contributed by atoms with E-state index in [0.29, 0.717) is 5.92 Å². The van der Waals surface area contributed by atoms with Crippen LogP contribution >= 0.6 is 31.9 Å². The smallest absolute Gasteiger partial charge is 0.0578 e. The third-order valence-corrected chi connectivity index (χ3v) is 3.51. The molecular formula is C10H11Br2NO. The topological polar surface area (TPSA) is 22.1 Å². The van der Waals surface area contributed by atoms with Gasteiger partial charge in [-0.15, -0.1) is 0 Å². The molecule has 1 aliphatic heterocycles. The second kappa shape index (κ2) is 4.73. The first-order valence-corrected chi connectivity index (χ1v) is 6.24. The van der Waals surface area contributed by atoms with Crippen molar-refractivity contribution in [3.05, 3.63) is 26.9 Å². The average Bonchev–Trinajstić information content (AvgIpc) is 2.19. The molecule has 0 spiro atoms. The van der Waals surface area contributed by atoms with Gasteiger partial charge in [0.2, 0.25) is 0 Å². The molecule has 0 aromatic carbocycles. The normalized spacial score (nSPS) is 18.4. The van der Waals surface area contributed by atoms with Gasteiger partial charge >= 0.3 is 0 Å². The molecule has 0 N–H and O–H groups in total. The third kappa shape index (κ3) is 2.35. The highest BCUT2D eigenvalue weighted by Gasteiger charge is 2.19. The molecule has 2 heterocycles. The van der Waals surface area contributed by atoms with Crippen LogP contribution in [0.4, 0.5) is 0 Å². The Morgan fingerprint density at radius 3 is 2.64 bits per heavy atom. The van der Waals surface area contributed by atoms with Gasteiger partial charge in [-0.3, -0.25) is 4.98 Å². The summed E-state index contributed by atoms with van der Waals surface area (Å²) < 4.78 is 7.44. The second-order valence-corrected chi connectivity index (χ2v) is 5.18. The molecule has 2 rings (SSSR count). The Hall–Kier alpha value is 0.0700. The van der Waals surface area contributed by atoms with Crippen LogP contribution in [0.5, 0.6) is 0 Å². The van der Waals surface area contributed by atoms with Gasteiger partial charge in [0.15, 0.2) is 0 Å². The Morgan fingerprint density at radius 1 is 1.29 bits per heavy atom. The minimum Gasteiger partial charge on any atom is -0.381 e. The van der Waals surface area contributed by atoms with Crippen molar-refractivity contribution >= 4 is 31.9 Å². The van der Waals surface area contributed by atoms with Gasteiger partial charge in [0.25, 0.3) is 0 Å². The third-order valence-electron chi connectivity index (χ3n) is 2.44. The molecule has 0 amide bonds. The fourth-order valence-electron chi connectivity index (χ4n) is 1.70. The standard InChI is InChI=1S/C10H11Br2NO/c11-8-5-9(12)10(13-6-8)7-1-3-14-4-2-7/h5-7H,1-4H2. The van der Waals surface area contributed by atoms with E-state index in [9.17, 15) is 0 Å². The first-order chi connectivity index (χ1) is 6.77. The fraction of sp³-hybridized carbons (Fsp3) is 0.500. The SMILES string of the molecule is Brc1cnc(C2CCOCC2)c(Br)c1. The molecule has 1 aliphatic rings. The van der Waals surface area contributed by atoms with Gasteiger partial charge in [-0.1, -0.05) is 0 Å². The molecule has 1 saturated heterocycles. The van der Waals surface area contributed by atoms with Crippen molar-refractivity contribution in [2.75, 3.05) is 13.2 Å². The Kier molecular flexibility index (Phi) is 3.57. The van der Waals surface area contributed by atoms with Crippen LogP contribution in [0, 0.1) is 0 Å². The quantitative estimate of drug-likeness (QED) is 0.790. The minimum absolute atomic E-state index is 0.547. The van der Waals surface area contributed by atoms with Gasteiger partial charge in [0.05, 0.1) is 5.69 Å². The van der Waals surface area contributed by atoms with E-state index in [2.05, 4.69) is 42.9 Å². The largest absolute Gasteiger partial charge is 0.381 e. The maximum Gasteiger partial charge on any atom is 0.0578 e. The molecule has 0 atom stereocenters. The lowest BCUT2D eigenvalue weighted by atomic mass is 9.96. The lowest BCUT2D eigenvalue weighted by Gasteiger charge is -2.22. The molecule has 0 radical (unpaired) electrons. The summed E-state index contributed by atoms with van der Waals surface area (Å²) >= 11 is 6.95. The summed E-state index contributed by atoms with van der Waals surface area (Å²) in [6.45, 7) is 1.71. The van der Waals surface area contributed by atoms with Crippen LogP contribution in [-0.4, -0.2) is 18.2 Å². The number of ether oxygens (including phenoxy) is 1. The molecule has 0 unspecified atom stereocenters. The summed E-state index contributed by atoms with van der Waals surface area (Å²) in [6, 6.07) is 2.05. The van der Waals surface area contributed by atoms with Gasteiger partial charge in [0.1, 0.15) is 0 Å². The van der Waals surface area contributed by atoms with Crippen LogP contribution in [0.25, 0.3) is 0 Å². The first kappa shape index (κ1) is 10.6. The van der Waals surface area contributed by atoms with Gasteiger partial charge in [-0.05, 0) is 50.8 Å². The van der Waals surface area contributed by atoms with Crippen molar-refractivity contribution in [1.82, 2.24) is 4.98 Å². The Morgan fingerprint density at radius 2 is 2.00 bits per heavy atom. The van der Waals surface area contributed by atoms with Crippen LogP contribution in [0.3, 0.4) is 0 Å². The van der Waals surface area contributed by atoms with E-state index < -0.39 is 0 Å². The maximum atomic E-state index is 5.33. The number of pyridine rings is 1. The van der Waals surface area contributed by atoms with E-state index >= 15 is 0 Å². The monoisotopic (exact) mass is 319 g/mol. The van der Waals surface area contributed by atoms with Crippen LogP contribution in [-0.2, 0) is 4.74 Å². The van der Waals surface area contributed by atoms with Crippen molar-refractivity contribution in [1.29, 1.82) is 0 Å². The zero-order valence-electron chi connectivity index (χ0n) is 7.67. The predicted molar refractivity (Wildman–Crippen MR) is 62.4 cm³/mol. The highest BCUT2D eigenvalue weighted by atomic mass is 79.9. The summed E-state index contributed by atoms with van der Waals surface area (Å²) in [7, 11) is 0. The van der Waals surface area contributed by atoms with Crippen molar-refractivity contribution < 1.29 is 4.74 Å². The molecule has 76 valence electrons. The Bertz CT molecular complexity index is 324. The predicted octanol–water partition coefficient (Wildman–Crippen LogP) is 3.50. The molecule has 1 aromatic rings. The minimum atomic E-state index is 0.547. The molecule has 2 nitrogen and oxygen atoms in total. The number of rotatable bonds is 1. The van der Waals surface area contributed by atoms with E-state index in [1.165, 1.54) is 0 Å². The molecule has 0 aliphatic carbocycles. The molecule has 0 saturated carbocycles. The van der Waals surface area contributed by atoms with E-state index in [-0.39, 0.29) is 0 Å². The van der Waals surface area contributed by atoms with Crippen LogP contribution in [0.15, 0.2) is 21.2 Å². The summed E-state index contributed by atoms with van der Waals surface area (Å²) in [5, 5.41) is 0. The van der Waals surface area contributed by atoms with Crippen molar-refractivity contribution in [3.8, 4) is 0 Å². The molecule has 4 heteroatoms. The van der Waals surface area contributed by atoms with Crippen LogP contribution in [0.1, 0.15) is 24.5 Å². The van der Waals surface area contributed by atoms with Crippen molar-refractivity contribution in [2.45, 2.75) is 18.8 Å². The number of nitrogens with zero attached hydrogens (tertiary/aromatic N) is 1. The van der Waals surface area contributed by atoms with E-state index in [1.807, 2.05) is 6.20 Å². The number of hydrogen-bond donors (Lipinski definition) is 0. The van der Waals surface area contributed by atoms with E-state index in [1.54, 1.807) is 0 Å². The molecule has 14 heavy (non-hydrogen) atoms. The average molecular weight is 321 g/mol. The van der Waals surface area contributed by atoms with Crippen LogP contribution in [0.2, 0.25) is 0 Å². The Balaban J connectivity index is 2.22. The highest BCUT2D eigenvalue weighted by Crippen LogP contribution is 2.31. The van der Waals surface area contributed by atoms with Gasteiger partial charge in [-0.2, -0.15) is 0 Å². The molecule has 0 bridgehead atoms. The maximum absolute atomic E-state index is 5.33. The van der Waals surface area contributed by atoms with Crippen LogP contribution < -0.4 is 0 Å². The lowest BCUT2D eigenvalue weighted by Crippen LogP contribution is -2.15. The second-order valence-electron chi connectivity index (χ2n) is 3.41. The van der Waals surface area contributed by atoms with E-state index in [4.69, 9.17) is 4.74 Å².